The third-order valence-corrected chi connectivity index (χ3v) is 3.38. The lowest BCUT2D eigenvalue weighted by atomic mass is 9.96. The first kappa shape index (κ1) is 12.2. The summed E-state index contributed by atoms with van der Waals surface area (Å²) in [5.74, 6) is 1.06. The van der Waals surface area contributed by atoms with Crippen molar-refractivity contribution in [2.45, 2.75) is 19.3 Å². The van der Waals surface area contributed by atoms with Gasteiger partial charge in [0.2, 0.25) is 0 Å². The Kier molecular flexibility index (Phi) is 3.50. The Morgan fingerprint density at radius 2 is 2.16 bits per heavy atom. The lowest BCUT2D eigenvalue weighted by Crippen LogP contribution is -2.31. The number of nitrogens with zero attached hydrogens (tertiary/aromatic N) is 4. The van der Waals surface area contributed by atoms with Crippen LogP contribution in [0.15, 0.2) is 24.3 Å². The van der Waals surface area contributed by atoms with Crippen molar-refractivity contribution >= 4 is 0 Å². The molecule has 5 nitrogen and oxygen atoms in total. The number of hydrogen-bond acceptors (Lipinski definition) is 4. The van der Waals surface area contributed by atoms with Crippen molar-refractivity contribution in [3.8, 4) is 5.69 Å². The maximum absolute atomic E-state index is 12.8. The van der Waals surface area contributed by atoms with Gasteiger partial charge in [-0.1, -0.05) is 0 Å². The number of aromatic nitrogens is 4. The maximum atomic E-state index is 12.8. The van der Waals surface area contributed by atoms with Crippen molar-refractivity contribution in [1.29, 1.82) is 0 Å². The first-order valence-electron chi connectivity index (χ1n) is 6.57. The van der Waals surface area contributed by atoms with Crippen molar-refractivity contribution in [3.05, 3.63) is 35.9 Å². The average Bonchev–Trinajstić information content (AvgIpc) is 2.89. The molecule has 1 unspecified atom stereocenters. The fourth-order valence-corrected chi connectivity index (χ4v) is 2.37. The summed E-state index contributed by atoms with van der Waals surface area (Å²) in [5, 5.41) is 15.8. The van der Waals surface area contributed by atoms with Crippen LogP contribution in [0.5, 0.6) is 0 Å². The highest BCUT2D eigenvalue weighted by Gasteiger charge is 2.16. The number of piperidine rings is 1. The van der Waals surface area contributed by atoms with E-state index in [1.807, 2.05) is 0 Å². The predicted molar refractivity (Wildman–Crippen MR) is 68.4 cm³/mol. The van der Waals surface area contributed by atoms with Crippen LogP contribution in [-0.2, 0) is 6.42 Å². The molecular formula is C13H16FN5. The molecule has 19 heavy (non-hydrogen) atoms. The molecule has 3 rings (SSSR count). The summed E-state index contributed by atoms with van der Waals surface area (Å²) >= 11 is 0. The van der Waals surface area contributed by atoms with E-state index >= 15 is 0 Å². The zero-order valence-corrected chi connectivity index (χ0v) is 10.6. The highest BCUT2D eigenvalue weighted by Crippen LogP contribution is 2.14. The lowest BCUT2D eigenvalue weighted by molar-refractivity contribution is 0.370. The van der Waals surface area contributed by atoms with E-state index in [9.17, 15) is 4.39 Å². The summed E-state index contributed by atoms with van der Waals surface area (Å²) in [4.78, 5) is 1.45. The Morgan fingerprint density at radius 1 is 1.32 bits per heavy atom. The summed E-state index contributed by atoms with van der Waals surface area (Å²) < 4.78 is 12.8. The van der Waals surface area contributed by atoms with Gasteiger partial charge in [0.15, 0.2) is 5.82 Å². The van der Waals surface area contributed by atoms with Gasteiger partial charge in [0.05, 0.1) is 5.69 Å². The highest BCUT2D eigenvalue weighted by molar-refractivity contribution is 5.28. The second-order valence-electron chi connectivity index (χ2n) is 4.89. The van der Waals surface area contributed by atoms with E-state index < -0.39 is 0 Å². The third-order valence-electron chi connectivity index (χ3n) is 3.38. The second kappa shape index (κ2) is 5.44. The Hall–Kier alpha value is -1.82. The molecule has 1 aromatic heterocycles. The monoisotopic (exact) mass is 261 g/mol. The number of benzene rings is 1. The van der Waals surface area contributed by atoms with E-state index in [0.717, 1.165) is 31.0 Å². The van der Waals surface area contributed by atoms with Crippen LogP contribution in [0.4, 0.5) is 4.39 Å². The molecule has 0 aliphatic carbocycles. The molecular weight excluding hydrogens is 245 g/mol. The Bertz CT molecular complexity index is 530. The van der Waals surface area contributed by atoms with Crippen molar-refractivity contribution in [1.82, 2.24) is 25.5 Å². The minimum atomic E-state index is -0.266. The number of rotatable bonds is 3. The summed E-state index contributed by atoms with van der Waals surface area (Å²) in [5.41, 5.74) is 0.724. The number of nitrogens with one attached hydrogen (secondary N) is 1. The minimum Gasteiger partial charge on any atom is -0.316 e. The van der Waals surface area contributed by atoms with Crippen LogP contribution in [0, 0.1) is 11.7 Å². The van der Waals surface area contributed by atoms with E-state index in [2.05, 4.69) is 20.7 Å². The number of halogens is 1. The molecule has 0 amide bonds. The molecule has 1 aromatic carbocycles. The van der Waals surface area contributed by atoms with Crippen LogP contribution < -0.4 is 5.32 Å². The lowest BCUT2D eigenvalue weighted by Gasteiger charge is -2.20. The molecule has 0 radical (unpaired) electrons. The third kappa shape index (κ3) is 2.96. The van der Waals surface area contributed by atoms with Gasteiger partial charge in [-0.15, -0.1) is 15.0 Å². The molecule has 2 aromatic rings. The highest BCUT2D eigenvalue weighted by atomic mass is 19.1. The summed E-state index contributed by atoms with van der Waals surface area (Å²) in [7, 11) is 0. The molecule has 1 aliphatic heterocycles. The van der Waals surface area contributed by atoms with Crippen molar-refractivity contribution in [3.63, 3.8) is 0 Å². The standard InChI is InChI=1S/C13H16FN5/c14-11-3-5-12(6-4-11)19-17-13(16-18-19)8-10-2-1-7-15-9-10/h3-6,10,15H,1-2,7-9H2. The maximum Gasteiger partial charge on any atom is 0.175 e. The van der Waals surface area contributed by atoms with Gasteiger partial charge < -0.3 is 5.32 Å². The molecule has 2 heterocycles. The molecule has 1 N–H and O–H groups in total. The fourth-order valence-electron chi connectivity index (χ4n) is 2.37. The molecule has 1 fully saturated rings. The van der Waals surface area contributed by atoms with Crippen LogP contribution in [0.1, 0.15) is 18.7 Å². The second-order valence-corrected chi connectivity index (χ2v) is 4.89. The van der Waals surface area contributed by atoms with E-state index in [0.29, 0.717) is 5.92 Å². The first-order chi connectivity index (χ1) is 9.31. The van der Waals surface area contributed by atoms with Gasteiger partial charge in [-0.3, -0.25) is 0 Å². The Labute approximate surface area is 110 Å². The SMILES string of the molecule is Fc1ccc(-n2nnc(CC3CCCNC3)n2)cc1. The summed E-state index contributed by atoms with van der Waals surface area (Å²) in [6, 6.07) is 6.07. The van der Waals surface area contributed by atoms with E-state index in [-0.39, 0.29) is 5.82 Å². The van der Waals surface area contributed by atoms with Gasteiger partial charge in [0.1, 0.15) is 5.82 Å². The summed E-state index contributed by atoms with van der Waals surface area (Å²) in [6.07, 6.45) is 3.25. The van der Waals surface area contributed by atoms with Crippen LogP contribution in [0.2, 0.25) is 0 Å². The molecule has 1 aliphatic rings. The zero-order valence-electron chi connectivity index (χ0n) is 10.6. The van der Waals surface area contributed by atoms with Crippen LogP contribution >= 0.6 is 0 Å². The van der Waals surface area contributed by atoms with Crippen molar-refractivity contribution in [2.75, 3.05) is 13.1 Å². The molecule has 0 saturated carbocycles. The summed E-state index contributed by atoms with van der Waals surface area (Å²) in [6.45, 7) is 2.12. The molecule has 1 saturated heterocycles. The minimum absolute atomic E-state index is 0.266. The molecule has 6 heteroatoms. The molecule has 0 spiro atoms. The topological polar surface area (TPSA) is 55.6 Å². The average molecular weight is 261 g/mol. The van der Waals surface area contributed by atoms with Crippen LogP contribution in [-0.4, -0.2) is 33.3 Å². The first-order valence-corrected chi connectivity index (χ1v) is 6.57. The predicted octanol–water partition coefficient (Wildman–Crippen LogP) is 1.34. The molecule has 1 atom stereocenters. The van der Waals surface area contributed by atoms with Gasteiger partial charge in [0, 0.05) is 6.42 Å². The van der Waals surface area contributed by atoms with Gasteiger partial charge in [-0.05, 0) is 61.3 Å². The largest absolute Gasteiger partial charge is 0.316 e. The van der Waals surface area contributed by atoms with Gasteiger partial charge in [0.25, 0.3) is 0 Å². The Balaban J connectivity index is 1.70. The molecule has 0 bridgehead atoms. The van der Waals surface area contributed by atoms with Gasteiger partial charge in [-0.25, -0.2) is 4.39 Å². The quantitative estimate of drug-likeness (QED) is 0.906. The zero-order chi connectivity index (χ0) is 13.1. The Morgan fingerprint density at radius 3 is 2.89 bits per heavy atom. The van der Waals surface area contributed by atoms with Crippen LogP contribution in [0.3, 0.4) is 0 Å². The number of hydrogen-bond donors (Lipinski definition) is 1. The number of tetrazole rings is 1. The fraction of sp³-hybridized carbons (Fsp3) is 0.462. The van der Waals surface area contributed by atoms with E-state index in [4.69, 9.17) is 0 Å². The van der Waals surface area contributed by atoms with Gasteiger partial charge >= 0.3 is 0 Å². The van der Waals surface area contributed by atoms with Crippen LogP contribution in [0.25, 0.3) is 5.69 Å². The van der Waals surface area contributed by atoms with Crippen molar-refractivity contribution in [2.24, 2.45) is 5.92 Å². The normalized spacial score (nSPS) is 19.5. The van der Waals surface area contributed by atoms with E-state index in [1.165, 1.54) is 29.8 Å². The van der Waals surface area contributed by atoms with Crippen molar-refractivity contribution < 1.29 is 4.39 Å². The molecule has 100 valence electrons. The van der Waals surface area contributed by atoms with Gasteiger partial charge in [-0.2, -0.15) is 0 Å². The smallest absolute Gasteiger partial charge is 0.175 e. The van der Waals surface area contributed by atoms with E-state index in [1.54, 1.807) is 12.1 Å².